The van der Waals surface area contributed by atoms with Crippen LogP contribution in [0.25, 0.3) is 0 Å². The second-order valence-electron chi connectivity index (χ2n) is 39.2. The van der Waals surface area contributed by atoms with E-state index in [1.54, 1.807) is 55.8 Å². The predicted octanol–water partition coefficient (Wildman–Crippen LogP) is 8.50. The normalized spacial score (nSPS) is 44.5. The molecular weight excluding hydrogens is 1580 g/mol. The van der Waals surface area contributed by atoms with E-state index in [9.17, 15) is 45.0 Å². The first-order valence-corrected chi connectivity index (χ1v) is 46.1. The van der Waals surface area contributed by atoms with Crippen molar-refractivity contribution in [2.75, 3.05) is 122 Å². The minimum atomic E-state index is -1.79. The molecule has 7 fully saturated rings. The van der Waals surface area contributed by atoms with Crippen molar-refractivity contribution in [1.29, 1.82) is 0 Å². The molecule has 0 aromatic carbocycles. The Morgan fingerprint density at radius 2 is 0.852 bits per heavy atom. The van der Waals surface area contributed by atoms with Crippen LogP contribution >= 0.6 is 0 Å². The van der Waals surface area contributed by atoms with Crippen LogP contribution in [0.15, 0.2) is 0 Å². The fourth-order valence-corrected chi connectivity index (χ4v) is 20.8. The fraction of sp³-hybridized carbons (Fsp3) is 0.967. The van der Waals surface area contributed by atoms with Gasteiger partial charge in [0.1, 0.15) is 48.3 Å². The summed E-state index contributed by atoms with van der Waals surface area (Å²) in [6.45, 7) is 53.5. The first-order valence-electron chi connectivity index (χ1n) is 46.1. The van der Waals surface area contributed by atoms with Crippen molar-refractivity contribution < 1.29 is 121 Å². The number of rotatable bonds is 28. The number of carbonyl (C=O) groups is 3. The zero-order valence-corrected chi connectivity index (χ0v) is 81.1. The molecule has 6 N–H and O–H groups in total. The fourth-order valence-electron chi connectivity index (χ4n) is 20.8. The van der Waals surface area contributed by atoms with Gasteiger partial charge >= 0.3 is 18.1 Å². The van der Waals surface area contributed by atoms with Crippen LogP contribution in [0, 0.1) is 35.5 Å². The van der Waals surface area contributed by atoms with Crippen LogP contribution in [0.1, 0.15) is 230 Å². The molecule has 0 aromatic rings. The largest absolute Gasteiger partial charge is 0.509 e. The lowest BCUT2D eigenvalue weighted by Crippen LogP contribution is -2.61. The highest BCUT2D eigenvalue weighted by Crippen LogP contribution is 2.46. The van der Waals surface area contributed by atoms with Crippen LogP contribution in [0.5, 0.6) is 0 Å². The predicted molar refractivity (Wildman–Crippen MR) is 464 cm³/mol. The van der Waals surface area contributed by atoms with Gasteiger partial charge in [-0.2, -0.15) is 0 Å². The van der Waals surface area contributed by atoms with Crippen molar-refractivity contribution in [3.05, 3.63) is 0 Å². The Labute approximate surface area is 733 Å². The van der Waals surface area contributed by atoms with Gasteiger partial charge < -0.3 is 131 Å². The molecule has 31 nitrogen and oxygen atoms in total. The maximum atomic E-state index is 14.7. The van der Waals surface area contributed by atoms with Crippen molar-refractivity contribution in [1.82, 2.24) is 29.4 Å². The third kappa shape index (κ3) is 27.0. The summed E-state index contributed by atoms with van der Waals surface area (Å²) in [4.78, 5) is 54.6. The number of methoxy groups -OCH3 is 2. The third-order valence-electron chi connectivity index (χ3n) is 28.4. The minimum Gasteiger partial charge on any atom is -0.459 e. The quantitative estimate of drug-likeness (QED) is 0.0243. The summed E-state index contributed by atoms with van der Waals surface area (Å²) < 4.78 is 103. The van der Waals surface area contributed by atoms with Crippen LogP contribution in [-0.2, 0) is 85.4 Å². The first-order chi connectivity index (χ1) is 56.8. The highest BCUT2D eigenvalue weighted by Gasteiger charge is 2.60. The number of ether oxygens (including phenoxy) is 16. The van der Waals surface area contributed by atoms with E-state index < -0.39 is 192 Å². The van der Waals surface area contributed by atoms with Gasteiger partial charge in [-0.25, -0.2) is 4.79 Å². The first kappa shape index (κ1) is 108. The molecule has 31 heteroatoms. The average Bonchev–Trinajstić information content (AvgIpc) is 1.73. The summed E-state index contributed by atoms with van der Waals surface area (Å²) in [6, 6.07) is -1.41. The van der Waals surface area contributed by atoms with E-state index in [0.717, 1.165) is 52.1 Å². The zero-order chi connectivity index (χ0) is 92.0. The number of cyclic esters (lactones) is 2. The maximum absolute atomic E-state index is 14.7. The second kappa shape index (κ2) is 46.9. The Morgan fingerprint density at radius 1 is 0.484 bits per heavy atom. The van der Waals surface area contributed by atoms with Gasteiger partial charge in [0.25, 0.3) is 0 Å². The van der Waals surface area contributed by atoms with Crippen LogP contribution < -0.4 is 0 Å². The minimum absolute atomic E-state index is 0.110. The molecule has 0 aromatic heterocycles. The SMILES string of the molecule is CC[C@H]1OC(=O)[C@H](C)[C@@H](O[C@H]2C[C@@](C)(OC)[C@@H](OCCCN(CC)CC)[C@H](C)O2)[C@H](C)[C@@H](O[C@@H]2O[C@H](C)C[C@H](N(C)C)[C@H]2O)[C@](C)(O)C[C@@H](C)CN(C)[C@H](C)[C@@H](O)[C@]1(C)O.CC[C@H]1OC(=O)[C@H](C)[C@@H](O[C@H]2C[C@@](C)(OC)[C@@H](OCCCN(CC)CC)[C@H](C)O2)[C@H](C)[C@@H](O[C@@H]2O[C@H](C)C[C@H](N(C)C)[C@H]2O)[C@](C)(O)C[C@@H](C)CN(C)[C@H](C)[C@H]2OC(=O)O[C@@]21C. The van der Waals surface area contributed by atoms with E-state index in [1.165, 1.54) is 6.92 Å². The highest BCUT2D eigenvalue weighted by atomic mass is 16.8. The van der Waals surface area contributed by atoms with E-state index in [2.05, 4.69) is 42.4 Å². The molecule has 0 radical (unpaired) electrons. The Morgan fingerprint density at radius 3 is 1.20 bits per heavy atom. The Balaban J connectivity index is 0.000000378. The van der Waals surface area contributed by atoms with Gasteiger partial charge in [-0.05, 0) is 229 Å². The van der Waals surface area contributed by atoms with Crippen molar-refractivity contribution in [3.63, 3.8) is 0 Å². The molecule has 0 bridgehead atoms. The van der Waals surface area contributed by atoms with Crippen LogP contribution in [0.4, 0.5) is 4.79 Å². The zero-order valence-electron chi connectivity index (χ0n) is 81.1. The highest BCUT2D eigenvalue weighted by molar-refractivity contribution is 5.74. The van der Waals surface area contributed by atoms with Crippen molar-refractivity contribution >= 4 is 18.1 Å². The summed E-state index contributed by atoms with van der Waals surface area (Å²) in [5, 5.41) is 72.3. The number of esters is 2. The molecule has 7 saturated heterocycles. The molecule has 716 valence electrons. The summed E-state index contributed by atoms with van der Waals surface area (Å²) in [6.07, 6.45) is -12.4. The number of nitrogens with zero attached hydrogens (tertiary/aromatic N) is 6. The molecule has 0 unspecified atom stereocenters. The Hall–Kier alpha value is -2.75. The third-order valence-corrected chi connectivity index (χ3v) is 28.4. The van der Waals surface area contributed by atoms with Gasteiger partial charge in [0.05, 0.1) is 83.1 Å². The number of aliphatic hydroxyl groups excluding tert-OH is 3. The lowest BCUT2D eigenvalue weighted by Gasteiger charge is -2.49. The number of likely N-dealkylation sites (N-methyl/N-ethyl adjacent to an activating group) is 4. The lowest BCUT2D eigenvalue weighted by atomic mass is 9.77. The molecule has 0 amide bonds. The molecular formula is C91H172N6O25. The van der Waals surface area contributed by atoms with Crippen molar-refractivity contribution in [3.8, 4) is 0 Å². The molecule has 36 atom stereocenters. The average molecular weight is 1750 g/mol. The van der Waals surface area contributed by atoms with Crippen LogP contribution in [-0.4, -0.2) is 381 Å². The van der Waals surface area contributed by atoms with E-state index in [-0.39, 0.29) is 74.3 Å². The van der Waals surface area contributed by atoms with Gasteiger partial charge in [0, 0.05) is 102 Å². The van der Waals surface area contributed by atoms with Crippen LogP contribution in [0.2, 0.25) is 0 Å². The molecule has 7 heterocycles. The summed E-state index contributed by atoms with van der Waals surface area (Å²) in [5.41, 5.74) is -7.81. The van der Waals surface area contributed by atoms with Gasteiger partial charge in [0.2, 0.25) is 0 Å². The molecule has 0 spiro atoms. The number of carbonyl (C=O) groups excluding carboxylic acids is 3. The summed E-state index contributed by atoms with van der Waals surface area (Å²) >= 11 is 0. The smallest absolute Gasteiger partial charge is 0.459 e. The van der Waals surface area contributed by atoms with Crippen molar-refractivity contribution in [2.45, 2.75) is 411 Å². The molecule has 122 heavy (non-hydrogen) atoms. The van der Waals surface area contributed by atoms with Gasteiger partial charge in [-0.1, -0.05) is 69.2 Å². The summed E-state index contributed by atoms with van der Waals surface area (Å²) in [7, 11) is 14.7. The Kier molecular flexibility index (Phi) is 41.5. The van der Waals surface area contributed by atoms with E-state index in [4.69, 9.17) is 75.8 Å². The number of aliphatic hydroxyl groups is 6. The number of hydrogen-bond acceptors (Lipinski definition) is 31. The molecule has 0 aliphatic carbocycles. The van der Waals surface area contributed by atoms with E-state index in [1.807, 2.05) is 147 Å². The lowest BCUT2D eigenvalue weighted by molar-refractivity contribution is -0.321. The number of hydrogen-bond donors (Lipinski definition) is 6. The van der Waals surface area contributed by atoms with E-state index >= 15 is 0 Å². The topological polar surface area (TPSA) is 340 Å². The van der Waals surface area contributed by atoms with Gasteiger partial charge in [0.15, 0.2) is 36.9 Å². The molecule has 7 aliphatic rings. The Bertz CT molecular complexity index is 3110. The molecule has 7 aliphatic heterocycles. The maximum Gasteiger partial charge on any atom is 0.509 e. The van der Waals surface area contributed by atoms with Gasteiger partial charge in [-0.3, -0.25) is 14.5 Å². The number of fused-ring (bicyclic) bond motifs is 1. The summed E-state index contributed by atoms with van der Waals surface area (Å²) in [5.74, 6) is -4.89. The van der Waals surface area contributed by atoms with E-state index in [0.29, 0.717) is 45.6 Å². The van der Waals surface area contributed by atoms with Gasteiger partial charge in [-0.15, -0.1) is 0 Å². The van der Waals surface area contributed by atoms with Crippen LogP contribution in [0.3, 0.4) is 0 Å². The second-order valence-corrected chi connectivity index (χ2v) is 39.2. The molecule has 0 saturated carbocycles. The van der Waals surface area contributed by atoms with Crippen molar-refractivity contribution in [2.24, 2.45) is 35.5 Å². The standard InChI is InChI=1S/C46H85N3O13.C45H87N3O12/c1-17-34-46(12)39(61-43(52)62-46)31(8)48(15)26-27(4)24-44(10,53)38(60-42-36(50)33(47(13)14)23-28(5)56-42)29(6)37(30(7)41(51)58-34)59-35-25-45(11,54-16)40(32(9)57-35)55-22-20-21-49(18-2)19-3;1-17-34-45(12,53)38(50)31(8)47(15)26-27(4)24-43(10,52)39(60-42-36(49)33(46(13)14)23-28(5)56-42)29(6)37(30(7)41(51)58-34)59-35-25-44(11,54-16)40(32(9)57-35)55-22-20-21-48(18-2)19-3/h27-40,42,50,53H,17-26H2,1-16H3;27-40,42,49-50,52-53H,17-26H2,1-16H3/t27-,28-,29+,30-,31-,32+,33+,34-,35+,36-,37+,38-,39-,40+,42+,44-,45-,46-;27-,28-,29+,30-,31-,32+,33+,34-,35+,36-,37+,38-,39-,40+,42+,43-,44-,45-/m11/s1. The molecule has 7 rings (SSSR count). The monoisotopic (exact) mass is 1750 g/mol.